The molecule has 0 bridgehead atoms. The van der Waals surface area contributed by atoms with E-state index in [1.807, 2.05) is 6.08 Å². The summed E-state index contributed by atoms with van der Waals surface area (Å²) in [4.78, 5) is 19.9. The Morgan fingerprint density at radius 1 is 1.25 bits per heavy atom. The van der Waals surface area contributed by atoms with Crippen LogP contribution < -0.4 is 0 Å². The van der Waals surface area contributed by atoms with Gasteiger partial charge in [0.2, 0.25) is 0 Å². The van der Waals surface area contributed by atoms with Gasteiger partial charge < -0.3 is 14.6 Å². The molecule has 20 heavy (non-hydrogen) atoms. The van der Waals surface area contributed by atoms with Crippen molar-refractivity contribution in [2.24, 2.45) is 5.92 Å². The molecule has 0 spiro atoms. The summed E-state index contributed by atoms with van der Waals surface area (Å²) in [6.07, 6.45) is 9.18. The van der Waals surface area contributed by atoms with Crippen LogP contribution in [-0.2, 0) is 19.1 Å². The molecule has 1 unspecified atom stereocenters. The second kappa shape index (κ2) is 15.7. The second-order valence-corrected chi connectivity index (χ2v) is 4.47. The van der Waals surface area contributed by atoms with Crippen molar-refractivity contribution in [1.82, 2.24) is 0 Å². The minimum absolute atomic E-state index is 0.0262. The number of aliphatic carboxylic acids is 1. The Morgan fingerprint density at radius 2 is 1.75 bits per heavy atom. The van der Waals surface area contributed by atoms with Gasteiger partial charge in [-0.15, -0.1) is 6.58 Å². The van der Waals surface area contributed by atoms with E-state index in [9.17, 15) is 9.59 Å². The Morgan fingerprint density at radius 3 is 1.95 bits per heavy atom. The van der Waals surface area contributed by atoms with Crippen LogP contribution in [0.3, 0.4) is 0 Å². The predicted octanol–water partition coefficient (Wildman–Crippen LogP) is 3.04. The maximum atomic E-state index is 10.1. The minimum Gasteiger partial charge on any atom is -0.473 e. The minimum atomic E-state index is -1.59. The lowest BCUT2D eigenvalue weighted by Crippen LogP contribution is -2.18. The van der Waals surface area contributed by atoms with E-state index in [4.69, 9.17) is 5.11 Å². The predicted molar refractivity (Wildman–Crippen MR) is 78.6 cm³/mol. The molecule has 1 aliphatic carbocycles. The Bertz CT molecular complexity index is 255. The smallest absolute Gasteiger partial charge is 0.417 e. The molecular formula is C15H28O5. The molecule has 1 N–H and O–H groups in total. The lowest BCUT2D eigenvalue weighted by molar-refractivity contribution is -0.164. The van der Waals surface area contributed by atoms with Crippen molar-refractivity contribution in [1.29, 1.82) is 0 Å². The van der Waals surface area contributed by atoms with E-state index < -0.39 is 11.9 Å². The van der Waals surface area contributed by atoms with Crippen LogP contribution in [0.2, 0.25) is 0 Å². The molecule has 0 aromatic rings. The fourth-order valence-electron chi connectivity index (χ4n) is 0.696. The van der Waals surface area contributed by atoms with Crippen molar-refractivity contribution in [3.63, 3.8) is 0 Å². The van der Waals surface area contributed by atoms with Gasteiger partial charge in [0.05, 0.1) is 6.61 Å². The van der Waals surface area contributed by atoms with Crippen LogP contribution in [0.25, 0.3) is 0 Å². The molecule has 5 heteroatoms. The van der Waals surface area contributed by atoms with E-state index >= 15 is 0 Å². The zero-order valence-electron chi connectivity index (χ0n) is 12.9. The number of carboxylic acids is 1. The maximum Gasteiger partial charge on any atom is 0.417 e. The van der Waals surface area contributed by atoms with Crippen LogP contribution in [-0.4, -0.2) is 37.4 Å². The van der Waals surface area contributed by atoms with Crippen LogP contribution in [0.5, 0.6) is 0 Å². The standard InChI is InChI=1S/C6H12.C5H8O5.C4H8/c1-4-6(3)5-2;1-9-2-3-10-5(8)4(6)7;1-2-4-3-1/h4,6H,1,5H2,2-3H3;2-3H2,1H3,(H,6,7);1-4H2. The van der Waals surface area contributed by atoms with Crippen LogP contribution in [0, 0.1) is 5.92 Å². The third-order valence-electron chi connectivity index (χ3n) is 2.74. The van der Waals surface area contributed by atoms with Gasteiger partial charge in [0.15, 0.2) is 0 Å². The number of methoxy groups -OCH3 is 1. The monoisotopic (exact) mass is 288 g/mol. The average Bonchev–Trinajstić information content (AvgIpc) is 2.36. The fourth-order valence-corrected chi connectivity index (χ4v) is 0.696. The molecule has 0 radical (unpaired) electrons. The van der Waals surface area contributed by atoms with Crippen LogP contribution >= 0.6 is 0 Å². The lowest BCUT2D eigenvalue weighted by atomic mass is 10.0. The lowest BCUT2D eigenvalue weighted by Gasteiger charge is -2.05. The van der Waals surface area contributed by atoms with Gasteiger partial charge in [0.1, 0.15) is 6.61 Å². The molecule has 1 atom stereocenters. The first-order chi connectivity index (χ1) is 9.49. The number of hydrogen-bond donors (Lipinski definition) is 1. The zero-order valence-corrected chi connectivity index (χ0v) is 12.9. The largest absolute Gasteiger partial charge is 0.473 e. The molecule has 0 heterocycles. The Hall–Kier alpha value is -1.36. The summed E-state index contributed by atoms with van der Waals surface area (Å²) in [7, 11) is 1.43. The molecule has 1 rings (SSSR count). The van der Waals surface area contributed by atoms with Crippen molar-refractivity contribution >= 4 is 11.9 Å². The first-order valence-electron chi connectivity index (χ1n) is 7.01. The van der Waals surface area contributed by atoms with E-state index in [0.717, 1.165) is 0 Å². The van der Waals surface area contributed by atoms with E-state index in [2.05, 4.69) is 29.9 Å². The fraction of sp³-hybridized carbons (Fsp3) is 0.733. The van der Waals surface area contributed by atoms with Gasteiger partial charge in [-0.1, -0.05) is 52.0 Å². The van der Waals surface area contributed by atoms with Crippen molar-refractivity contribution < 1.29 is 24.2 Å². The highest BCUT2D eigenvalue weighted by atomic mass is 16.6. The normalized spacial score (nSPS) is 13.3. The number of esters is 1. The second-order valence-electron chi connectivity index (χ2n) is 4.47. The summed E-state index contributed by atoms with van der Waals surface area (Å²) in [5, 5.41) is 7.97. The molecule has 0 amide bonds. The van der Waals surface area contributed by atoms with Crippen LogP contribution in [0.1, 0.15) is 46.0 Å². The van der Waals surface area contributed by atoms with Crippen molar-refractivity contribution in [2.75, 3.05) is 20.3 Å². The molecule has 0 aromatic carbocycles. The number of hydrogen-bond acceptors (Lipinski definition) is 4. The first-order valence-corrected chi connectivity index (χ1v) is 7.01. The molecular weight excluding hydrogens is 260 g/mol. The summed E-state index contributed by atoms with van der Waals surface area (Å²) in [6.45, 7) is 8.13. The number of allylic oxidation sites excluding steroid dienone is 1. The van der Waals surface area contributed by atoms with Gasteiger partial charge in [-0.2, -0.15) is 0 Å². The molecule has 1 fully saturated rings. The van der Waals surface area contributed by atoms with Gasteiger partial charge >= 0.3 is 11.9 Å². The Kier molecular flexibility index (Phi) is 16.4. The van der Waals surface area contributed by atoms with E-state index in [-0.39, 0.29) is 13.2 Å². The molecule has 0 saturated heterocycles. The van der Waals surface area contributed by atoms with Gasteiger partial charge in [-0.25, -0.2) is 9.59 Å². The molecule has 5 nitrogen and oxygen atoms in total. The topological polar surface area (TPSA) is 72.8 Å². The summed E-state index contributed by atoms with van der Waals surface area (Å²) < 4.78 is 8.68. The Balaban J connectivity index is 0. The highest BCUT2D eigenvalue weighted by Crippen LogP contribution is 2.15. The quantitative estimate of drug-likeness (QED) is 0.364. The summed E-state index contributed by atoms with van der Waals surface area (Å²) in [5.41, 5.74) is 0. The van der Waals surface area contributed by atoms with Crippen molar-refractivity contribution in [2.45, 2.75) is 46.0 Å². The zero-order chi connectivity index (χ0) is 15.8. The van der Waals surface area contributed by atoms with Crippen molar-refractivity contribution in [3.8, 4) is 0 Å². The summed E-state index contributed by atoms with van der Waals surface area (Å²) in [5.74, 6) is -2.14. The van der Waals surface area contributed by atoms with E-state index in [1.165, 1.54) is 39.2 Å². The number of carboxylic acid groups (broad SMARTS) is 1. The Labute approximate surface area is 122 Å². The first kappa shape index (κ1) is 20.9. The molecule has 1 saturated carbocycles. The molecule has 1 aliphatic rings. The number of carbonyl (C=O) groups is 2. The third-order valence-corrected chi connectivity index (χ3v) is 2.74. The van der Waals surface area contributed by atoms with Gasteiger partial charge in [-0.05, 0) is 5.92 Å². The number of rotatable bonds is 5. The van der Waals surface area contributed by atoms with Gasteiger partial charge in [0.25, 0.3) is 0 Å². The van der Waals surface area contributed by atoms with E-state index in [1.54, 1.807) is 0 Å². The van der Waals surface area contributed by atoms with Crippen LogP contribution in [0.4, 0.5) is 0 Å². The summed E-state index contributed by atoms with van der Waals surface area (Å²) in [6, 6.07) is 0. The molecule has 0 aliphatic heterocycles. The average molecular weight is 288 g/mol. The summed E-state index contributed by atoms with van der Waals surface area (Å²) >= 11 is 0. The van der Waals surface area contributed by atoms with Crippen molar-refractivity contribution in [3.05, 3.63) is 12.7 Å². The number of carbonyl (C=O) groups excluding carboxylic acids is 1. The molecule has 118 valence electrons. The van der Waals surface area contributed by atoms with Crippen LogP contribution in [0.15, 0.2) is 12.7 Å². The van der Waals surface area contributed by atoms with E-state index in [0.29, 0.717) is 5.92 Å². The third kappa shape index (κ3) is 16.6. The van der Waals surface area contributed by atoms with Gasteiger partial charge in [0, 0.05) is 7.11 Å². The maximum absolute atomic E-state index is 10.1. The SMILES string of the molecule is C1CCC1.C=CC(C)CC.COCCOC(=O)C(=O)O. The number of ether oxygens (including phenoxy) is 2. The van der Waals surface area contributed by atoms with Gasteiger partial charge in [-0.3, -0.25) is 0 Å². The highest BCUT2D eigenvalue weighted by molar-refractivity contribution is 6.28. The molecule has 0 aromatic heterocycles. The highest BCUT2D eigenvalue weighted by Gasteiger charge is 2.11.